The number of fused-ring (bicyclic) bond motifs is 1. The molecule has 0 saturated heterocycles. The van der Waals surface area contributed by atoms with Gasteiger partial charge in [0.25, 0.3) is 5.56 Å². The van der Waals surface area contributed by atoms with Crippen molar-refractivity contribution in [2.45, 2.75) is 13.8 Å². The third-order valence-electron chi connectivity index (χ3n) is 5.72. The highest BCUT2D eigenvalue weighted by Crippen LogP contribution is 2.29. The Kier molecular flexibility index (Phi) is 5.71. The van der Waals surface area contributed by atoms with Gasteiger partial charge in [-0.1, -0.05) is 35.6 Å². The number of nitrogens with zero attached hydrogens (tertiary/aromatic N) is 5. The Morgan fingerprint density at radius 1 is 1.06 bits per heavy atom. The summed E-state index contributed by atoms with van der Waals surface area (Å²) in [6, 6.07) is 19.8. The maximum Gasteiger partial charge on any atom is 0.291 e. The summed E-state index contributed by atoms with van der Waals surface area (Å²) >= 11 is 2.88. The molecule has 0 N–H and O–H groups in total. The van der Waals surface area contributed by atoms with E-state index in [1.54, 1.807) is 11.3 Å². The first-order valence-electron chi connectivity index (χ1n) is 11.4. The second-order valence-corrected chi connectivity index (χ2v) is 10.1. The van der Waals surface area contributed by atoms with Crippen LogP contribution in [0.1, 0.15) is 18.1 Å². The Morgan fingerprint density at radius 2 is 1.92 bits per heavy atom. The Bertz CT molecular complexity index is 1780. The second-order valence-electron chi connectivity index (χ2n) is 8.15. The van der Waals surface area contributed by atoms with E-state index < -0.39 is 0 Å². The summed E-state index contributed by atoms with van der Waals surface area (Å²) < 4.78 is 9.49. The van der Waals surface area contributed by atoms with Crippen LogP contribution in [-0.2, 0) is 0 Å². The molecule has 0 atom stereocenters. The number of ether oxygens (including phenoxy) is 1. The number of hydrogen-bond donors (Lipinski definition) is 0. The molecule has 178 valence electrons. The molecule has 0 aliphatic heterocycles. The molecular weight excluding hydrogens is 490 g/mol. The third-order valence-corrected chi connectivity index (χ3v) is 7.55. The lowest BCUT2D eigenvalue weighted by Crippen LogP contribution is -2.23. The van der Waals surface area contributed by atoms with E-state index in [-0.39, 0.29) is 5.56 Å². The number of thiazole rings is 1. The van der Waals surface area contributed by atoms with Crippen molar-refractivity contribution >= 4 is 33.7 Å². The van der Waals surface area contributed by atoms with Crippen LogP contribution in [0, 0.1) is 6.92 Å². The average Bonchev–Trinajstić information content (AvgIpc) is 3.68. The molecule has 0 fully saturated rings. The summed E-state index contributed by atoms with van der Waals surface area (Å²) in [5.41, 5.74) is 4.34. The molecule has 0 spiro atoms. The molecule has 0 saturated carbocycles. The topological polar surface area (TPSA) is 74.3 Å². The molecule has 6 rings (SSSR count). The summed E-state index contributed by atoms with van der Waals surface area (Å²) in [6.07, 6.45) is 3.82. The highest BCUT2D eigenvalue weighted by molar-refractivity contribution is 7.15. The van der Waals surface area contributed by atoms with E-state index in [1.807, 2.05) is 90.8 Å². The number of rotatable bonds is 6. The van der Waals surface area contributed by atoms with Gasteiger partial charge >= 0.3 is 0 Å². The van der Waals surface area contributed by atoms with Gasteiger partial charge in [0.1, 0.15) is 11.4 Å². The molecule has 4 aromatic heterocycles. The highest BCUT2D eigenvalue weighted by atomic mass is 32.1. The summed E-state index contributed by atoms with van der Waals surface area (Å²) in [6.45, 7) is 4.60. The molecule has 0 aliphatic carbocycles. The molecular formula is C27H21N5O2S2. The smallest absolute Gasteiger partial charge is 0.291 e. The van der Waals surface area contributed by atoms with Crippen LogP contribution < -0.4 is 14.8 Å². The Balaban J connectivity index is 1.49. The molecule has 0 aliphatic rings. The van der Waals surface area contributed by atoms with Gasteiger partial charge in [-0.15, -0.1) is 16.4 Å². The van der Waals surface area contributed by atoms with Gasteiger partial charge in [0, 0.05) is 17.3 Å². The van der Waals surface area contributed by atoms with Crippen LogP contribution in [-0.4, -0.2) is 31.0 Å². The zero-order valence-electron chi connectivity index (χ0n) is 19.6. The van der Waals surface area contributed by atoms with Gasteiger partial charge in [-0.3, -0.25) is 4.79 Å². The predicted octanol–water partition coefficient (Wildman–Crippen LogP) is 4.99. The Morgan fingerprint density at radius 3 is 2.64 bits per heavy atom. The first-order valence-corrected chi connectivity index (χ1v) is 13.1. The van der Waals surface area contributed by atoms with Gasteiger partial charge in [-0.2, -0.15) is 14.6 Å². The molecule has 0 bridgehead atoms. The van der Waals surface area contributed by atoms with Crippen molar-refractivity contribution in [2.75, 3.05) is 6.61 Å². The van der Waals surface area contributed by atoms with Gasteiger partial charge in [-0.05, 0) is 67.3 Å². The van der Waals surface area contributed by atoms with E-state index in [0.29, 0.717) is 21.9 Å². The van der Waals surface area contributed by atoms with Crippen molar-refractivity contribution < 1.29 is 4.74 Å². The van der Waals surface area contributed by atoms with Crippen LogP contribution in [0.15, 0.2) is 77.0 Å². The molecule has 0 radical (unpaired) electrons. The summed E-state index contributed by atoms with van der Waals surface area (Å²) in [5.74, 6) is 1.42. The van der Waals surface area contributed by atoms with E-state index >= 15 is 0 Å². The van der Waals surface area contributed by atoms with E-state index in [4.69, 9.17) is 9.84 Å². The largest absolute Gasteiger partial charge is 0.494 e. The zero-order valence-corrected chi connectivity index (χ0v) is 21.2. The van der Waals surface area contributed by atoms with Crippen molar-refractivity contribution in [1.29, 1.82) is 0 Å². The molecule has 7 nitrogen and oxygen atoms in total. The fourth-order valence-electron chi connectivity index (χ4n) is 4.03. The van der Waals surface area contributed by atoms with Crippen molar-refractivity contribution in [2.24, 2.45) is 0 Å². The fourth-order valence-corrected chi connectivity index (χ4v) is 5.58. The van der Waals surface area contributed by atoms with Crippen LogP contribution >= 0.6 is 22.7 Å². The molecule has 6 aromatic rings. The minimum Gasteiger partial charge on any atom is -0.494 e. The molecule has 0 unspecified atom stereocenters. The summed E-state index contributed by atoms with van der Waals surface area (Å²) in [5, 5.41) is 11.3. The minimum atomic E-state index is -0.188. The lowest BCUT2D eigenvalue weighted by molar-refractivity contribution is 0.338. The molecule has 9 heteroatoms. The number of aryl methyl sites for hydroxylation is 1. The lowest BCUT2D eigenvalue weighted by atomic mass is 10.0. The monoisotopic (exact) mass is 511 g/mol. The van der Waals surface area contributed by atoms with Crippen molar-refractivity contribution in [3.8, 4) is 33.4 Å². The van der Waals surface area contributed by atoms with E-state index in [9.17, 15) is 4.79 Å². The Labute approximate surface area is 214 Å². The minimum absolute atomic E-state index is 0.188. The number of para-hydroxylation sites is 1. The van der Waals surface area contributed by atoms with Gasteiger partial charge in [0.05, 0.1) is 21.7 Å². The van der Waals surface area contributed by atoms with E-state index in [1.165, 1.54) is 15.9 Å². The average molecular weight is 512 g/mol. The fraction of sp³-hybridized carbons (Fsp3) is 0.111. The van der Waals surface area contributed by atoms with Crippen LogP contribution in [0.3, 0.4) is 0 Å². The first-order chi connectivity index (χ1) is 17.6. The van der Waals surface area contributed by atoms with Crippen LogP contribution in [0.4, 0.5) is 0 Å². The van der Waals surface area contributed by atoms with E-state index in [0.717, 1.165) is 38.7 Å². The molecule has 0 amide bonds. The number of aromatic nitrogens is 5. The van der Waals surface area contributed by atoms with Crippen LogP contribution in [0.2, 0.25) is 0 Å². The van der Waals surface area contributed by atoms with E-state index in [2.05, 4.69) is 16.1 Å². The molecule has 2 aromatic carbocycles. The van der Waals surface area contributed by atoms with Crippen LogP contribution in [0.25, 0.3) is 38.7 Å². The number of thiophene rings is 1. The van der Waals surface area contributed by atoms with Gasteiger partial charge < -0.3 is 4.74 Å². The Hall–Kier alpha value is -4.08. The van der Waals surface area contributed by atoms with Crippen molar-refractivity contribution in [1.82, 2.24) is 24.4 Å². The first kappa shape index (κ1) is 22.4. The number of benzene rings is 2. The normalized spacial score (nSPS) is 12.0. The van der Waals surface area contributed by atoms with Crippen LogP contribution in [0.5, 0.6) is 5.75 Å². The van der Waals surface area contributed by atoms with Gasteiger partial charge in [-0.25, -0.2) is 4.68 Å². The second kappa shape index (κ2) is 9.18. The quantitative estimate of drug-likeness (QED) is 0.315. The van der Waals surface area contributed by atoms with Crippen molar-refractivity contribution in [3.05, 3.63) is 98.3 Å². The number of hydrogen-bond acceptors (Lipinski definition) is 7. The predicted molar refractivity (Wildman–Crippen MR) is 144 cm³/mol. The molecule has 36 heavy (non-hydrogen) atoms. The highest BCUT2D eigenvalue weighted by Gasteiger charge is 2.16. The zero-order chi connectivity index (χ0) is 24.6. The molecule has 4 heterocycles. The SMILES string of the molecule is CCOc1ccc(-c2nn(-c3ccccc3)cc2C=c2sc3nc(-c4cccs4)nn3c2=O)cc1C. The van der Waals surface area contributed by atoms with Crippen molar-refractivity contribution in [3.63, 3.8) is 0 Å². The third kappa shape index (κ3) is 4.02. The van der Waals surface area contributed by atoms with Gasteiger partial charge in [0.2, 0.25) is 4.96 Å². The van der Waals surface area contributed by atoms with Gasteiger partial charge in [0.15, 0.2) is 5.82 Å². The maximum atomic E-state index is 13.2. The summed E-state index contributed by atoms with van der Waals surface area (Å²) in [4.78, 5) is 19.3. The summed E-state index contributed by atoms with van der Waals surface area (Å²) in [7, 11) is 0. The maximum absolute atomic E-state index is 13.2. The lowest BCUT2D eigenvalue weighted by Gasteiger charge is -2.08. The standard InChI is InChI=1S/C27H21N5O2S2/c1-3-34-21-12-11-18(14-17(21)2)24-19(16-31(29-24)20-8-5-4-6-9-20)15-23-26(33)32-27(36-23)28-25(30-32)22-10-7-13-35-22/h4-16H,3H2,1-2H3.